The predicted molar refractivity (Wildman–Crippen MR) is 155 cm³/mol. The number of piperazine rings is 1. The molecule has 0 saturated carbocycles. The van der Waals surface area contributed by atoms with Crippen molar-refractivity contribution < 1.29 is 19.4 Å². The van der Waals surface area contributed by atoms with Crippen LogP contribution in [-0.2, 0) is 6.42 Å². The minimum atomic E-state index is -0.978. The van der Waals surface area contributed by atoms with Crippen LogP contribution >= 0.6 is 15.9 Å². The van der Waals surface area contributed by atoms with E-state index in [1.165, 1.54) is 4.90 Å². The van der Waals surface area contributed by atoms with E-state index in [2.05, 4.69) is 20.5 Å². The quantitative estimate of drug-likeness (QED) is 0.288. The Labute approximate surface area is 236 Å². The van der Waals surface area contributed by atoms with Crippen LogP contribution in [0.25, 0.3) is 16.9 Å². The van der Waals surface area contributed by atoms with Crippen molar-refractivity contribution in [2.45, 2.75) is 19.4 Å². The molecule has 1 saturated heterocycles. The fourth-order valence-electron chi connectivity index (χ4n) is 5.38. The number of halogens is 1. The third kappa shape index (κ3) is 5.43. The fourth-order valence-corrected chi connectivity index (χ4v) is 5.77. The van der Waals surface area contributed by atoms with Crippen LogP contribution in [0.15, 0.2) is 89.4 Å². The summed E-state index contributed by atoms with van der Waals surface area (Å²) in [7, 11) is 1.62. The topological polar surface area (TPSA) is 75.0 Å². The van der Waals surface area contributed by atoms with Crippen LogP contribution < -0.4 is 4.74 Å². The maximum absolute atomic E-state index is 14.4. The highest BCUT2D eigenvalue weighted by Crippen LogP contribution is 2.34. The van der Waals surface area contributed by atoms with Gasteiger partial charge in [0.2, 0.25) is 0 Å². The van der Waals surface area contributed by atoms with Crippen LogP contribution in [0, 0.1) is 6.92 Å². The zero-order valence-electron chi connectivity index (χ0n) is 21.9. The van der Waals surface area contributed by atoms with Gasteiger partial charge in [-0.3, -0.25) is 4.79 Å². The molecule has 1 aromatic heterocycles. The molecule has 4 aromatic rings. The highest BCUT2D eigenvalue weighted by atomic mass is 79.9. The summed E-state index contributed by atoms with van der Waals surface area (Å²) in [5, 5.41) is 9.74. The van der Waals surface area contributed by atoms with Gasteiger partial charge in [0.1, 0.15) is 5.75 Å². The number of benzene rings is 3. The molecular formula is C31H30BrN3O4. The zero-order chi connectivity index (χ0) is 27.5. The first-order valence-electron chi connectivity index (χ1n) is 12.8. The Morgan fingerprint density at radius 1 is 0.974 bits per heavy atom. The minimum absolute atomic E-state index is 0.115. The molecule has 1 atom stereocenters. The van der Waals surface area contributed by atoms with E-state index in [9.17, 15) is 14.7 Å². The van der Waals surface area contributed by atoms with E-state index < -0.39 is 6.09 Å². The largest absolute Gasteiger partial charge is 0.496 e. The summed E-state index contributed by atoms with van der Waals surface area (Å²) in [4.78, 5) is 29.5. The maximum Gasteiger partial charge on any atom is 0.407 e. The molecule has 1 aliphatic heterocycles. The van der Waals surface area contributed by atoms with E-state index in [4.69, 9.17) is 4.74 Å². The Morgan fingerprint density at radius 3 is 2.44 bits per heavy atom. The molecule has 2 heterocycles. The zero-order valence-corrected chi connectivity index (χ0v) is 23.5. The molecule has 0 bridgehead atoms. The van der Waals surface area contributed by atoms with Crippen LogP contribution in [0.5, 0.6) is 5.75 Å². The van der Waals surface area contributed by atoms with Crippen LogP contribution in [0.3, 0.4) is 0 Å². The lowest BCUT2D eigenvalue weighted by molar-refractivity contribution is 0.0450. The Hall–Kier alpha value is -4.04. The van der Waals surface area contributed by atoms with Crippen LogP contribution in [0.2, 0.25) is 0 Å². The predicted octanol–water partition coefficient (Wildman–Crippen LogP) is 6.27. The summed E-state index contributed by atoms with van der Waals surface area (Å²) >= 11 is 3.58. The number of methoxy groups -OCH3 is 1. The van der Waals surface area contributed by atoms with E-state index in [-0.39, 0.29) is 25.0 Å². The molecule has 1 unspecified atom stereocenters. The molecule has 1 N–H and O–H groups in total. The molecule has 0 radical (unpaired) electrons. The molecule has 7 nitrogen and oxygen atoms in total. The van der Waals surface area contributed by atoms with Crippen molar-refractivity contribution in [3.05, 3.63) is 106 Å². The Balaban J connectivity index is 1.59. The van der Waals surface area contributed by atoms with E-state index in [1.807, 2.05) is 96.8 Å². The number of ether oxygens (including phenoxy) is 1. The van der Waals surface area contributed by atoms with E-state index >= 15 is 0 Å². The van der Waals surface area contributed by atoms with Crippen LogP contribution in [0.4, 0.5) is 4.79 Å². The summed E-state index contributed by atoms with van der Waals surface area (Å²) < 4.78 is 8.61. The summed E-state index contributed by atoms with van der Waals surface area (Å²) in [5.74, 6) is 0.606. The third-order valence-electron chi connectivity index (χ3n) is 7.19. The first-order valence-corrected chi connectivity index (χ1v) is 13.6. The highest BCUT2D eigenvalue weighted by molar-refractivity contribution is 9.10. The molecule has 2 amide bonds. The molecule has 1 aliphatic rings. The second-order valence-electron chi connectivity index (χ2n) is 9.63. The van der Waals surface area contributed by atoms with Gasteiger partial charge in [0, 0.05) is 35.5 Å². The minimum Gasteiger partial charge on any atom is -0.496 e. The average Bonchev–Trinajstić information content (AvgIpc) is 3.30. The second kappa shape index (κ2) is 11.4. The van der Waals surface area contributed by atoms with E-state index in [0.717, 1.165) is 38.4 Å². The number of para-hydroxylation sites is 1. The second-order valence-corrected chi connectivity index (χ2v) is 10.5. The molecule has 1 fully saturated rings. The van der Waals surface area contributed by atoms with Gasteiger partial charge in [-0.1, -0.05) is 70.5 Å². The number of rotatable bonds is 6. The van der Waals surface area contributed by atoms with Gasteiger partial charge in [-0.2, -0.15) is 0 Å². The number of carbonyl (C=O) groups is 2. The first kappa shape index (κ1) is 26.6. The van der Waals surface area contributed by atoms with Gasteiger partial charge < -0.3 is 24.2 Å². The number of nitrogens with zero attached hydrogens (tertiary/aromatic N) is 3. The van der Waals surface area contributed by atoms with Gasteiger partial charge in [0.15, 0.2) is 0 Å². The number of aromatic nitrogens is 1. The van der Waals surface area contributed by atoms with Gasteiger partial charge in [-0.25, -0.2) is 4.79 Å². The SMILES string of the molecule is COc1ccccc1CC1CN(C(=O)O)CCN1C(=O)c1cc(C)n(-c2cccc(Br)c2)c1-c1ccccc1. The van der Waals surface area contributed by atoms with Gasteiger partial charge in [0.05, 0.1) is 24.4 Å². The number of amides is 2. The van der Waals surface area contributed by atoms with Crippen LogP contribution in [0.1, 0.15) is 21.6 Å². The number of carboxylic acid groups (broad SMARTS) is 1. The summed E-state index contributed by atoms with van der Waals surface area (Å²) in [5.41, 5.74) is 5.14. The molecule has 3 aromatic carbocycles. The van der Waals surface area contributed by atoms with Gasteiger partial charge in [-0.05, 0) is 54.8 Å². The van der Waals surface area contributed by atoms with Crippen LogP contribution in [-0.4, -0.2) is 64.3 Å². The number of hydrogen-bond donors (Lipinski definition) is 1. The fraction of sp³-hybridized carbons (Fsp3) is 0.226. The number of hydrogen-bond acceptors (Lipinski definition) is 3. The lowest BCUT2D eigenvalue weighted by Crippen LogP contribution is -2.57. The normalized spacial score (nSPS) is 15.3. The summed E-state index contributed by atoms with van der Waals surface area (Å²) in [6.45, 7) is 2.79. The number of carbonyl (C=O) groups excluding carboxylic acids is 1. The Bertz CT molecular complexity index is 1500. The third-order valence-corrected chi connectivity index (χ3v) is 7.68. The molecule has 0 aliphatic carbocycles. The molecule has 8 heteroatoms. The van der Waals surface area contributed by atoms with Crippen molar-refractivity contribution in [1.82, 2.24) is 14.4 Å². The van der Waals surface area contributed by atoms with Gasteiger partial charge in [-0.15, -0.1) is 0 Å². The molecule has 200 valence electrons. The first-order chi connectivity index (χ1) is 18.9. The standard InChI is InChI=1S/C31H30BrN3O4/c1-21-17-27(29(22-9-4-3-5-10-22)35(21)25-13-8-12-24(32)19-25)30(36)34-16-15-33(31(37)38)20-26(34)18-23-11-6-7-14-28(23)39-2/h3-14,17,19,26H,15-16,18,20H2,1-2H3,(H,37,38). The molecule has 0 spiro atoms. The molecular weight excluding hydrogens is 558 g/mol. The van der Waals surface area contributed by atoms with Crippen molar-refractivity contribution in [3.8, 4) is 22.7 Å². The van der Waals surface area contributed by atoms with E-state index in [0.29, 0.717) is 18.5 Å². The van der Waals surface area contributed by atoms with Crippen molar-refractivity contribution in [2.75, 3.05) is 26.7 Å². The molecule has 39 heavy (non-hydrogen) atoms. The summed E-state index contributed by atoms with van der Waals surface area (Å²) in [6.07, 6.45) is -0.500. The van der Waals surface area contributed by atoms with Gasteiger partial charge >= 0.3 is 6.09 Å². The monoisotopic (exact) mass is 587 g/mol. The van der Waals surface area contributed by atoms with Crippen molar-refractivity contribution in [2.24, 2.45) is 0 Å². The van der Waals surface area contributed by atoms with E-state index in [1.54, 1.807) is 7.11 Å². The lowest BCUT2D eigenvalue weighted by Gasteiger charge is -2.40. The Morgan fingerprint density at radius 2 is 1.72 bits per heavy atom. The average molecular weight is 589 g/mol. The highest BCUT2D eigenvalue weighted by Gasteiger charge is 2.35. The van der Waals surface area contributed by atoms with Crippen molar-refractivity contribution in [3.63, 3.8) is 0 Å². The maximum atomic E-state index is 14.4. The lowest BCUT2D eigenvalue weighted by atomic mass is 9.99. The van der Waals surface area contributed by atoms with Crippen molar-refractivity contribution in [1.29, 1.82) is 0 Å². The van der Waals surface area contributed by atoms with Gasteiger partial charge in [0.25, 0.3) is 5.91 Å². The van der Waals surface area contributed by atoms with Crippen molar-refractivity contribution >= 4 is 27.9 Å². The Kier molecular flexibility index (Phi) is 7.74. The molecule has 5 rings (SSSR count). The number of aryl methyl sites for hydroxylation is 1. The summed E-state index contributed by atoms with van der Waals surface area (Å²) in [6, 6.07) is 27.2. The smallest absolute Gasteiger partial charge is 0.407 e.